The topological polar surface area (TPSA) is 133 Å². The molecule has 0 spiro atoms. The van der Waals surface area contributed by atoms with E-state index in [1.54, 1.807) is 49.4 Å². The fourth-order valence-corrected chi connectivity index (χ4v) is 6.25. The van der Waals surface area contributed by atoms with Crippen LogP contribution < -0.4 is 10.7 Å². The van der Waals surface area contributed by atoms with Gasteiger partial charge in [0, 0.05) is 61.8 Å². The summed E-state index contributed by atoms with van der Waals surface area (Å²) in [7, 11) is 0. The number of carbonyl (C=O) groups is 1. The van der Waals surface area contributed by atoms with Crippen molar-refractivity contribution in [2.45, 2.75) is 92.7 Å². The predicted molar refractivity (Wildman–Crippen MR) is 236 cm³/mol. The third-order valence-electron chi connectivity index (χ3n) is 8.48. The Balaban J connectivity index is 0.000000202. The molecule has 10 nitrogen and oxygen atoms in total. The van der Waals surface area contributed by atoms with Gasteiger partial charge in [0.2, 0.25) is 0 Å². The molecule has 0 saturated heterocycles. The fraction of sp³-hybridized carbons (Fsp3) is 0.326. The maximum atomic E-state index is 14.0. The second-order valence-corrected chi connectivity index (χ2v) is 15.9. The minimum atomic E-state index is -0.454. The van der Waals surface area contributed by atoms with Crippen molar-refractivity contribution < 1.29 is 18.0 Å². The summed E-state index contributed by atoms with van der Waals surface area (Å²) in [6.45, 7) is 13.5. The van der Waals surface area contributed by atoms with Gasteiger partial charge in [-0.25, -0.2) is 32.8 Å². The molecule has 3 heterocycles. The highest BCUT2D eigenvalue weighted by Crippen LogP contribution is 2.27. The Kier molecular flexibility index (Phi) is 17.4. The van der Waals surface area contributed by atoms with E-state index in [0.29, 0.717) is 79.3 Å². The lowest BCUT2D eigenvalue weighted by Crippen LogP contribution is -2.31. The highest BCUT2D eigenvalue weighted by atomic mass is 79.9. The summed E-state index contributed by atoms with van der Waals surface area (Å²) in [5.41, 5.74) is 6.63. The molecule has 59 heavy (non-hydrogen) atoms. The first-order chi connectivity index (χ1) is 28.0. The van der Waals surface area contributed by atoms with Crippen molar-refractivity contribution in [1.29, 1.82) is 5.41 Å². The molecule has 1 aromatic heterocycles. The van der Waals surface area contributed by atoms with Gasteiger partial charge < -0.3 is 16.2 Å². The van der Waals surface area contributed by atoms with Gasteiger partial charge in [-0.1, -0.05) is 52.5 Å². The van der Waals surface area contributed by atoms with Crippen molar-refractivity contribution in [3.63, 3.8) is 0 Å². The van der Waals surface area contributed by atoms with E-state index in [1.807, 2.05) is 45.4 Å². The quantitative estimate of drug-likeness (QED) is 0.0785. The van der Waals surface area contributed by atoms with E-state index < -0.39 is 5.82 Å². The third kappa shape index (κ3) is 13.6. The molecule has 0 atom stereocenters. The maximum absolute atomic E-state index is 14.0. The summed E-state index contributed by atoms with van der Waals surface area (Å²) < 4.78 is 43.8. The number of carbonyl (C=O) groups excluding carboxylic acids is 1. The second-order valence-electron chi connectivity index (χ2n) is 14.1. The molecule has 2 aliphatic heterocycles. The number of amides is 1. The average Bonchev–Trinajstić information content (AvgIpc) is 3.94. The van der Waals surface area contributed by atoms with E-state index in [0.717, 1.165) is 24.4 Å². The van der Waals surface area contributed by atoms with Crippen LogP contribution in [0.2, 0.25) is 10.0 Å². The van der Waals surface area contributed by atoms with Crippen LogP contribution >= 0.6 is 39.1 Å². The van der Waals surface area contributed by atoms with Crippen molar-refractivity contribution in [3.8, 4) is 0 Å². The Bertz CT molecular complexity index is 2330. The van der Waals surface area contributed by atoms with Gasteiger partial charge in [-0.05, 0) is 121 Å². The normalized spacial score (nSPS) is 13.5. The molecule has 0 bridgehead atoms. The molecule has 16 heteroatoms. The molecule has 3 aromatic carbocycles. The average molecular weight is 914 g/mol. The monoisotopic (exact) mass is 911 g/mol. The third-order valence-corrected chi connectivity index (χ3v) is 9.45. The van der Waals surface area contributed by atoms with Crippen molar-refractivity contribution >= 4 is 73.7 Å². The number of aliphatic imine (C=N–C) groups is 2. The summed E-state index contributed by atoms with van der Waals surface area (Å²) >= 11 is 14.7. The van der Waals surface area contributed by atoms with Crippen molar-refractivity contribution in [2.24, 2.45) is 15.1 Å². The van der Waals surface area contributed by atoms with Crippen LogP contribution in [0.25, 0.3) is 5.70 Å². The fourth-order valence-electron chi connectivity index (χ4n) is 5.60. The predicted octanol–water partition coefficient (Wildman–Crippen LogP) is 11.3. The summed E-state index contributed by atoms with van der Waals surface area (Å²) in [5.74, 6) is 0.350. The smallest absolute Gasteiger partial charge is 0.274 e. The summed E-state index contributed by atoms with van der Waals surface area (Å²) in [5, 5.41) is 19.4. The summed E-state index contributed by atoms with van der Waals surface area (Å²) in [6.07, 6.45) is 7.18. The summed E-state index contributed by atoms with van der Waals surface area (Å²) in [4.78, 5) is 25.3. The highest BCUT2D eigenvalue weighted by Gasteiger charge is 2.22. The SMILES string of the molecule is CC(=NNC(C)C)NC(=O)C1=CCC(c2ccc(Cl)cc2F)=N1.CCCCC(=N)c1ccc(Br)cc1F.Cc1nc(C2=CCC(c3ccc(Cl)cc3F)=N2)n(C(C)C)n1. The van der Waals surface area contributed by atoms with Gasteiger partial charge in [-0.3, -0.25) is 4.79 Å². The van der Waals surface area contributed by atoms with Crippen LogP contribution in [0.1, 0.15) is 108 Å². The molecule has 0 fully saturated rings. The van der Waals surface area contributed by atoms with Gasteiger partial charge in [0.1, 0.15) is 40.5 Å². The Morgan fingerprint density at radius 2 is 1.53 bits per heavy atom. The molecule has 2 aliphatic rings. The van der Waals surface area contributed by atoms with Gasteiger partial charge in [-0.15, -0.1) is 0 Å². The number of benzene rings is 3. The second kappa shape index (κ2) is 21.9. The number of nitrogens with one attached hydrogen (secondary N) is 3. The van der Waals surface area contributed by atoms with E-state index in [2.05, 4.69) is 58.8 Å². The molecule has 0 saturated carbocycles. The van der Waals surface area contributed by atoms with Crippen LogP contribution in [0.4, 0.5) is 13.2 Å². The molecule has 0 unspecified atom stereocenters. The number of unbranched alkanes of at least 4 members (excludes halogenated alkanes) is 1. The van der Waals surface area contributed by atoms with Crippen LogP contribution in [0, 0.1) is 29.8 Å². The number of halogens is 6. The molecular formula is C43H47BrCl2F3N9O. The van der Waals surface area contributed by atoms with Crippen molar-refractivity contribution in [2.75, 3.05) is 0 Å². The van der Waals surface area contributed by atoms with Crippen LogP contribution in [-0.4, -0.2) is 49.7 Å². The maximum Gasteiger partial charge on any atom is 0.274 e. The largest absolute Gasteiger partial charge is 0.308 e. The number of rotatable bonds is 11. The first kappa shape index (κ1) is 46.8. The Labute approximate surface area is 361 Å². The Morgan fingerprint density at radius 1 is 0.915 bits per heavy atom. The van der Waals surface area contributed by atoms with Crippen LogP contribution in [0.3, 0.4) is 0 Å². The molecule has 0 radical (unpaired) electrons. The van der Waals surface area contributed by atoms with Crippen LogP contribution in [-0.2, 0) is 4.79 Å². The number of hydrazone groups is 1. The van der Waals surface area contributed by atoms with Gasteiger partial charge in [0.15, 0.2) is 5.82 Å². The first-order valence-corrected chi connectivity index (χ1v) is 20.6. The zero-order chi connectivity index (χ0) is 43.4. The van der Waals surface area contributed by atoms with Crippen LogP contribution in [0.15, 0.2) is 92.0 Å². The number of amidine groups is 1. The van der Waals surface area contributed by atoms with Crippen molar-refractivity contribution in [3.05, 3.63) is 133 Å². The lowest BCUT2D eigenvalue weighted by molar-refractivity contribution is -0.116. The molecule has 1 amide bonds. The van der Waals surface area contributed by atoms with Crippen LogP contribution in [0.5, 0.6) is 0 Å². The Morgan fingerprint density at radius 3 is 2.08 bits per heavy atom. The molecule has 6 rings (SSSR count). The highest BCUT2D eigenvalue weighted by molar-refractivity contribution is 9.10. The van der Waals surface area contributed by atoms with Gasteiger partial charge in [0.25, 0.3) is 5.91 Å². The number of hydrogen-bond acceptors (Lipinski definition) is 8. The molecular weight excluding hydrogens is 866 g/mol. The molecule has 3 N–H and O–H groups in total. The number of aromatic nitrogens is 3. The number of hydrogen-bond donors (Lipinski definition) is 3. The van der Waals surface area contributed by atoms with E-state index in [9.17, 15) is 18.0 Å². The zero-order valence-electron chi connectivity index (χ0n) is 33.9. The molecule has 312 valence electrons. The summed E-state index contributed by atoms with van der Waals surface area (Å²) in [6, 6.07) is 14.2. The molecule has 4 aromatic rings. The van der Waals surface area contributed by atoms with E-state index in [-0.39, 0.29) is 35.3 Å². The molecule has 0 aliphatic carbocycles. The standard InChI is InChI=1S/C16H18ClFN4O.C16H16ClFN4.C11H13BrFN/c1-9(2)21-22-10(3)19-16(23)15-7-6-14(20-15)12-5-4-11(17)8-13(12)18;1-9(2)22-16(19-10(3)21-22)15-7-6-14(20-15)12-5-4-11(17)8-13(12)18;1-2-3-4-11(14)9-6-5-8(12)7-10(9)13/h4-5,7-9,21H,6H2,1-3H3,(H,19,22,23);4-5,7-9H,6H2,1-3H3;5-7,14H,2-4H2,1H3. The number of allylic oxidation sites excluding steroid dienone is 2. The lowest BCUT2D eigenvalue weighted by atomic mass is 10.0. The number of aryl methyl sites for hydroxylation is 1. The zero-order valence-corrected chi connectivity index (χ0v) is 37.0. The lowest BCUT2D eigenvalue weighted by Gasteiger charge is -2.08. The van der Waals surface area contributed by atoms with Gasteiger partial charge in [-0.2, -0.15) is 10.2 Å². The van der Waals surface area contributed by atoms with E-state index in [4.69, 9.17) is 28.6 Å². The Hall–Kier alpha value is -4.92. The number of nitrogens with zero attached hydrogens (tertiary/aromatic N) is 6. The first-order valence-electron chi connectivity index (χ1n) is 19.0. The van der Waals surface area contributed by atoms with E-state index in [1.165, 1.54) is 18.2 Å². The van der Waals surface area contributed by atoms with Crippen molar-refractivity contribution in [1.82, 2.24) is 25.5 Å². The minimum Gasteiger partial charge on any atom is -0.308 e. The minimum absolute atomic E-state index is 0.171. The van der Waals surface area contributed by atoms with Gasteiger partial charge in [0.05, 0.1) is 11.4 Å². The van der Waals surface area contributed by atoms with Gasteiger partial charge >= 0.3 is 0 Å². The van der Waals surface area contributed by atoms with E-state index >= 15 is 0 Å².